The van der Waals surface area contributed by atoms with Crippen LogP contribution in [0.5, 0.6) is 5.75 Å². The number of nitrogens with one attached hydrogen (secondary N) is 1. The van der Waals surface area contributed by atoms with Gasteiger partial charge in [0.05, 0.1) is 19.3 Å². The van der Waals surface area contributed by atoms with Gasteiger partial charge in [-0.05, 0) is 23.8 Å². The number of carbonyl (C=O) groups excluding carboxylic acids is 1. The minimum Gasteiger partial charge on any atom is -0.495 e. The molecule has 0 radical (unpaired) electrons. The molecule has 3 rings (SSSR count). The van der Waals surface area contributed by atoms with Crippen LogP contribution in [0.25, 0.3) is 6.08 Å². The molecule has 0 bridgehead atoms. The van der Waals surface area contributed by atoms with E-state index in [0.717, 1.165) is 38.4 Å². The van der Waals surface area contributed by atoms with Gasteiger partial charge in [0.25, 0.3) is 0 Å². The molecule has 1 fully saturated rings. The van der Waals surface area contributed by atoms with E-state index >= 15 is 0 Å². The molecule has 0 aliphatic carbocycles. The van der Waals surface area contributed by atoms with Crippen LogP contribution in [0.1, 0.15) is 5.56 Å². The van der Waals surface area contributed by atoms with E-state index in [0.29, 0.717) is 10.8 Å². The minimum absolute atomic E-state index is 0.0847. The number of hydrogen-bond donors (Lipinski definition) is 1. The number of amides is 1. The second-order valence-corrected chi connectivity index (χ2v) is 7.13. The van der Waals surface area contributed by atoms with Gasteiger partial charge in [0.1, 0.15) is 5.75 Å². The molecule has 1 heterocycles. The average molecular weight is 400 g/mol. The highest BCUT2D eigenvalue weighted by Crippen LogP contribution is 2.27. The van der Waals surface area contributed by atoms with Gasteiger partial charge in [0.2, 0.25) is 5.91 Å². The lowest BCUT2D eigenvalue weighted by Crippen LogP contribution is -2.50. The van der Waals surface area contributed by atoms with Crippen molar-refractivity contribution >= 4 is 29.3 Å². The highest BCUT2D eigenvalue weighted by atomic mass is 35.5. The molecule has 1 aliphatic heterocycles. The molecule has 0 aromatic heterocycles. The fourth-order valence-electron chi connectivity index (χ4n) is 3.18. The summed E-state index contributed by atoms with van der Waals surface area (Å²) in [5.41, 5.74) is 1.94. The SMILES string of the molecule is COc1ccc(Cl)cc1NCC(=O)N1CCN(C/C=C/c2ccccc2)CC1. The predicted octanol–water partition coefficient (Wildman–Crippen LogP) is 3.62. The molecule has 0 unspecified atom stereocenters. The van der Waals surface area contributed by atoms with Gasteiger partial charge in [0, 0.05) is 37.7 Å². The smallest absolute Gasteiger partial charge is 0.241 e. The average Bonchev–Trinajstić information content (AvgIpc) is 2.73. The van der Waals surface area contributed by atoms with Crippen LogP contribution in [0.3, 0.4) is 0 Å². The predicted molar refractivity (Wildman–Crippen MR) is 115 cm³/mol. The second kappa shape index (κ2) is 10.2. The number of methoxy groups -OCH3 is 1. The quantitative estimate of drug-likeness (QED) is 0.772. The molecule has 0 spiro atoms. The van der Waals surface area contributed by atoms with Crippen molar-refractivity contribution in [3.63, 3.8) is 0 Å². The number of benzene rings is 2. The van der Waals surface area contributed by atoms with Gasteiger partial charge in [-0.15, -0.1) is 0 Å². The maximum Gasteiger partial charge on any atom is 0.241 e. The monoisotopic (exact) mass is 399 g/mol. The molecule has 2 aromatic rings. The van der Waals surface area contributed by atoms with Crippen LogP contribution in [-0.2, 0) is 4.79 Å². The normalized spacial score (nSPS) is 15.0. The summed E-state index contributed by atoms with van der Waals surface area (Å²) in [5, 5.41) is 3.74. The van der Waals surface area contributed by atoms with Gasteiger partial charge in [-0.25, -0.2) is 0 Å². The number of piperazine rings is 1. The molecule has 0 saturated carbocycles. The molecule has 0 atom stereocenters. The molecular weight excluding hydrogens is 374 g/mol. The lowest BCUT2D eigenvalue weighted by atomic mass is 10.2. The topological polar surface area (TPSA) is 44.8 Å². The molecule has 1 N–H and O–H groups in total. The van der Waals surface area contributed by atoms with Crippen LogP contribution in [-0.4, -0.2) is 62.1 Å². The third-order valence-electron chi connectivity index (χ3n) is 4.79. The summed E-state index contributed by atoms with van der Waals surface area (Å²) in [6, 6.07) is 15.6. The fraction of sp³-hybridized carbons (Fsp3) is 0.318. The van der Waals surface area contributed by atoms with Gasteiger partial charge >= 0.3 is 0 Å². The Bertz CT molecular complexity index is 803. The lowest BCUT2D eigenvalue weighted by molar-refractivity contribution is -0.130. The van der Waals surface area contributed by atoms with E-state index in [9.17, 15) is 4.79 Å². The Morgan fingerprint density at radius 1 is 1.14 bits per heavy atom. The zero-order valence-electron chi connectivity index (χ0n) is 16.1. The summed E-state index contributed by atoms with van der Waals surface area (Å²) in [6.07, 6.45) is 4.32. The first-order chi connectivity index (χ1) is 13.7. The number of anilines is 1. The molecule has 6 heteroatoms. The zero-order chi connectivity index (χ0) is 19.8. The summed E-state index contributed by atoms with van der Waals surface area (Å²) in [7, 11) is 1.60. The first-order valence-corrected chi connectivity index (χ1v) is 9.82. The zero-order valence-corrected chi connectivity index (χ0v) is 16.9. The van der Waals surface area contributed by atoms with Crippen molar-refractivity contribution in [2.45, 2.75) is 0 Å². The van der Waals surface area contributed by atoms with Crippen molar-refractivity contribution in [3.05, 3.63) is 65.2 Å². The number of rotatable bonds is 7. The van der Waals surface area contributed by atoms with Gasteiger partial charge in [-0.1, -0.05) is 54.1 Å². The summed E-state index contributed by atoms with van der Waals surface area (Å²) >= 11 is 6.03. The van der Waals surface area contributed by atoms with Gasteiger partial charge < -0.3 is 15.0 Å². The Hall–Kier alpha value is -2.50. The van der Waals surface area contributed by atoms with E-state index in [-0.39, 0.29) is 12.5 Å². The van der Waals surface area contributed by atoms with Crippen molar-refractivity contribution < 1.29 is 9.53 Å². The molecular formula is C22H26ClN3O2. The Kier molecular flexibility index (Phi) is 7.34. The van der Waals surface area contributed by atoms with Gasteiger partial charge in [-0.2, -0.15) is 0 Å². The molecule has 1 aliphatic rings. The highest BCUT2D eigenvalue weighted by molar-refractivity contribution is 6.30. The van der Waals surface area contributed by atoms with E-state index in [1.54, 1.807) is 25.3 Å². The van der Waals surface area contributed by atoms with Crippen LogP contribution < -0.4 is 10.1 Å². The van der Waals surface area contributed by atoms with E-state index in [4.69, 9.17) is 16.3 Å². The second-order valence-electron chi connectivity index (χ2n) is 6.69. The van der Waals surface area contributed by atoms with E-state index in [1.807, 2.05) is 23.1 Å². The first kappa shape index (κ1) is 20.2. The van der Waals surface area contributed by atoms with Crippen molar-refractivity contribution in [2.24, 2.45) is 0 Å². The molecule has 28 heavy (non-hydrogen) atoms. The molecule has 2 aromatic carbocycles. The first-order valence-electron chi connectivity index (χ1n) is 9.45. The van der Waals surface area contributed by atoms with Crippen LogP contribution in [0.4, 0.5) is 5.69 Å². The van der Waals surface area contributed by atoms with E-state index in [1.165, 1.54) is 5.56 Å². The lowest BCUT2D eigenvalue weighted by Gasteiger charge is -2.34. The standard InChI is InChI=1S/C22H26ClN3O2/c1-28-21-10-9-19(23)16-20(21)24-17-22(27)26-14-12-25(13-15-26)11-5-8-18-6-3-2-4-7-18/h2-10,16,24H,11-15,17H2,1H3/b8-5+. The maximum absolute atomic E-state index is 12.5. The van der Waals surface area contributed by atoms with E-state index in [2.05, 4.69) is 34.5 Å². The Balaban J connectivity index is 1.42. The van der Waals surface area contributed by atoms with Crippen molar-refractivity contribution in [3.8, 4) is 5.75 Å². The number of hydrogen-bond acceptors (Lipinski definition) is 4. The summed E-state index contributed by atoms with van der Waals surface area (Å²) in [5.74, 6) is 0.758. The van der Waals surface area contributed by atoms with Gasteiger partial charge in [-0.3, -0.25) is 9.69 Å². The Morgan fingerprint density at radius 2 is 1.89 bits per heavy atom. The number of nitrogens with zero attached hydrogens (tertiary/aromatic N) is 2. The van der Waals surface area contributed by atoms with Crippen LogP contribution >= 0.6 is 11.6 Å². The molecule has 1 amide bonds. The molecule has 1 saturated heterocycles. The summed E-state index contributed by atoms with van der Waals surface area (Å²) in [4.78, 5) is 16.8. The number of ether oxygens (including phenoxy) is 1. The summed E-state index contributed by atoms with van der Waals surface area (Å²) < 4.78 is 5.30. The molecule has 5 nitrogen and oxygen atoms in total. The van der Waals surface area contributed by atoms with E-state index < -0.39 is 0 Å². The third-order valence-corrected chi connectivity index (χ3v) is 5.03. The van der Waals surface area contributed by atoms with Crippen molar-refractivity contribution in [1.29, 1.82) is 0 Å². The summed E-state index contributed by atoms with van der Waals surface area (Å²) in [6.45, 7) is 4.37. The fourth-order valence-corrected chi connectivity index (χ4v) is 3.35. The Morgan fingerprint density at radius 3 is 2.61 bits per heavy atom. The third kappa shape index (κ3) is 5.75. The number of carbonyl (C=O) groups is 1. The van der Waals surface area contributed by atoms with Gasteiger partial charge in [0.15, 0.2) is 0 Å². The van der Waals surface area contributed by atoms with Crippen LogP contribution in [0.2, 0.25) is 5.02 Å². The maximum atomic E-state index is 12.5. The largest absolute Gasteiger partial charge is 0.495 e. The highest BCUT2D eigenvalue weighted by Gasteiger charge is 2.20. The number of halogens is 1. The van der Waals surface area contributed by atoms with Crippen molar-refractivity contribution in [1.82, 2.24) is 9.80 Å². The Labute approximate surface area is 171 Å². The van der Waals surface area contributed by atoms with Crippen molar-refractivity contribution in [2.75, 3.05) is 51.7 Å². The molecule has 148 valence electrons. The van der Waals surface area contributed by atoms with Crippen LogP contribution in [0.15, 0.2) is 54.6 Å². The minimum atomic E-state index is 0.0847. The van der Waals surface area contributed by atoms with Crippen LogP contribution in [0, 0.1) is 0 Å².